The number of aryl methyl sites for hydroxylation is 1. The average Bonchev–Trinajstić information content (AvgIpc) is 2.98. The van der Waals surface area contributed by atoms with Crippen LogP contribution >= 0.6 is 0 Å². The summed E-state index contributed by atoms with van der Waals surface area (Å²) in [5, 5.41) is 6.58. The summed E-state index contributed by atoms with van der Waals surface area (Å²) < 4.78 is 0. The zero-order chi connectivity index (χ0) is 14.1. The van der Waals surface area contributed by atoms with Crippen LogP contribution in [0.1, 0.15) is 24.0 Å². The third-order valence-corrected chi connectivity index (χ3v) is 4.11. The van der Waals surface area contributed by atoms with Crippen LogP contribution in [0, 0.1) is 6.92 Å². The number of carbonyl (C=O) groups excluding carboxylic acids is 1. The molecular weight excluding hydrogens is 250 g/mol. The van der Waals surface area contributed by atoms with Gasteiger partial charge >= 0.3 is 0 Å². The van der Waals surface area contributed by atoms with E-state index in [0.717, 1.165) is 31.6 Å². The van der Waals surface area contributed by atoms with Crippen molar-refractivity contribution >= 4 is 11.6 Å². The summed E-state index contributed by atoms with van der Waals surface area (Å²) in [6.07, 6.45) is 2.51. The van der Waals surface area contributed by atoms with Crippen molar-refractivity contribution in [2.75, 3.05) is 20.1 Å². The van der Waals surface area contributed by atoms with Crippen molar-refractivity contribution in [1.82, 2.24) is 9.91 Å². The van der Waals surface area contributed by atoms with Crippen LogP contribution in [-0.2, 0) is 11.2 Å². The molecule has 20 heavy (non-hydrogen) atoms. The molecule has 3 rings (SSSR count). The quantitative estimate of drug-likeness (QED) is 0.841. The Balaban J connectivity index is 1.77. The lowest BCUT2D eigenvalue weighted by Gasteiger charge is -2.25. The minimum Gasteiger partial charge on any atom is -0.332 e. The maximum atomic E-state index is 12.0. The summed E-state index contributed by atoms with van der Waals surface area (Å²) in [6, 6.07) is 8.73. The van der Waals surface area contributed by atoms with Gasteiger partial charge in [-0.1, -0.05) is 29.8 Å². The largest absolute Gasteiger partial charge is 0.332 e. The molecule has 0 N–H and O–H groups in total. The van der Waals surface area contributed by atoms with Crippen LogP contribution in [0.2, 0.25) is 0 Å². The van der Waals surface area contributed by atoms with E-state index < -0.39 is 0 Å². The highest BCUT2D eigenvalue weighted by Gasteiger charge is 2.35. The number of rotatable bonds is 3. The van der Waals surface area contributed by atoms with E-state index >= 15 is 0 Å². The van der Waals surface area contributed by atoms with Gasteiger partial charge in [-0.2, -0.15) is 5.10 Å². The number of likely N-dealkylation sites (N-methyl/N-ethyl adjacent to an activating group) is 1. The van der Waals surface area contributed by atoms with E-state index in [4.69, 9.17) is 0 Å². The second-order valence-corrected chi connectivity index (χ2v) is 5.80. The Kier molecular flexibility index (Phi) is 3.47. The van der Waals surface area contributed by atoms with E-state index in [1.54, 1.807) is 0 Å². The summed E-state index contributed by atoms with van der Waals surface area (Å²) in [4.78, 5) is 14.0. The van der Waals surface area contributed by atoms with Crippen LogP contribution < -0.4 is 0 Å². The molecule has 1 atom stereocenters. The van der Waals surface area contributed by atoms with Crippen molar-refractivity contribution in [3.8, 4) is 0 Å². The molecule has 2 aliphatic heterocycles. The first-order valence-electron chi connectivity index (χ1n) is 7.27. The maximum absolute atomic E-state index is 12.0. The number of hydrogen-bond donors (Lipinski definition) is 0. The van der Waals surface area contributed by atoms with E-state index in [1.807, 2.05) is 17.0 Å². The molecule has 1 unspecified atom stereocenters. The van der Waals surface area contributed by atoms with Gasteiger partial charge in [0.15, 0.2) is 0 Å². The van der Waals surface area contributed by atoms with Gasteiger partial charge in [-0.3, -0.25) is 9.80 Å². The second-order valence-electron chi connectivity index (χ2n) is 5.80. The SMILES string of the molecule is Cc1ccc(CC2=NN(C)CC2N2CCCC2=O)cc1. The van der Waals surface area contributed by atoms with Crippen molar-refractivity contribution < 1.29 is 4.79 Å². The third kappa shape index (κ3) is 2.55. The minimum atomic E-state index is 0.163. The molecule has 0 aromatic heterocycles. The summed E-state index contributed by atoms with van der Waals surface area (Å²) in [7, 11) is 1.98. The van der Waals surface area contributed by atoms with E-state index in [2.05, 4.69) is 36.3 Å². The molecular formula is C16H21N3O. The van der Waals surface area contributed by atoms with Gasteiger partial charge in [0.2, 0.25) is 5.91 Å². The summed E-state index contributed by atoms with van der Waals surface area (Å²) in [5.74, 6) is 0.280. The Morgan fingerprint density at radius 3 is 2.70 bits per heavy atom. The Bertz CT molecular complexity index is 535. The Morgan fingerprint density at radius 1 is 1.30 bits per heavy atom. The molecule has 1 saturated heterocycles. The third-order valence-electron chi connectivity index (χ3n) is 4.11. The number of nitrogens with zero attached hydrogens (tertiary/aromatic N) is 3. The number of carbonyl (C=O) groups is 1. The molecule has 1 fully saturated rings. The lowest BCUT2D eigenvalue weighted by molar-refractivity contribution is -0.128. The molecule has 1 amide bonds. The number of hydrogen-bond acceptors (Lipinski definition) is 3. The summed E-state index contributed by atoms with van der Waals surface area (Å²) in [6.45, 7) is 3.80. The Labute approximate surface area is 120 Å². The lowest BCUT2D eigenvalue weighted by Crippen LogP contribution is -2.43. The Hall–Kier alpha value is -1.84. The molecule has 0 radical (unpaired) electrons. The molecule has 2 aliphatic rings. The van der Waals surface area contributed by atoms with E-state index in [-0.39, 0.29) is 11.9 Å². The molecule has 0 spiro atoms. The number of hydrazone groups is 1. The highest BCUT2D eigenvalue weighted by atomic mass is 16.2. The number of benzene rings is 1. The smallest absolute Gasteiger partial charge is 0.223 e. The first-order chi connectivity index (χ1) is 9.63. The van der Waals surface area contributed by atoms with Crippen molar-refractivity contribution in [1.29, 1.82) is 0 Å². The van der Waals surface area contributed by atoms with Crippen LogP contribution in [-0.4, -0.2) is 47.7 Å². The van der Waals surface area contributed by atoms with Gasteiger partial charge in [-0.05, 0) is 18.9 Å². The highest BCUT2D eigenvalue weighted by Crippen LogP contribution is 2.21. The number of likely N-dealkylation sites (tertiary alicyclic amines) is 1. The predicted octanol–water partition coefficient (Wildman–Crippen LogP) is 1.83. The van der Waals surface area contributed by atoms with Gasteiger partial charge in [0.1, 0.15) is 0 Å². The van der Waals surface area contributed by atoms with Crippen LogP contribution in [0.15, 0.2) is 29.4 Å². The standard InChI is InChI=1S/C16H21N3O/c1-12-5-7-13(8-6-12)10-14-15(11-18(2)17-14)19-9-3-4-16(19)20/h5-8,15H,3-4,9-11H2,1-2H3. The van der Waals surface area contributed by atoms with Crippen LogP contribution in [0.4, 0.5) is 0 Å². The van der Waals surface area contributed by atoms with Crippen molar-refractivity contribution in [3.63, 3.8) is 0 Å². The van der Waals surface area contributed by atoms with E-state index in [0.29, 0.717) is 6.42 Å². The molecule has 0 saturated carbocycles. The fraction of sp³-hybridized carbons (Fsp3) is 0.500. The first kappa shape index (κ1) is 13.2. The molecule has 106 valence electrons. The van der Waals surface area contributed by atoms with Gasteiger partial charge in [-0.15, -0.1) is 0 Å². The lowest BCUT2D eigenvalue weighted by atomic mass is 10.0. The van der Waals surface area contributed by atoms with E-state index in [9.17, 15) is 4.79 Å². The molecule has 1 aromatic carbocycles. The molecule has 0 aliphatic carbocycles. The molecule has 0 bridgehead atoms. The van der Waals surface area contributed by atoms with Gasteiger partial charge in [-0.25, -0.2) is 0 Å². The predicted molar refractivity (Wildman–Crippen MR) is 79.7 cm³/mol. The van der Waals surface area contributed by atoms with Crippen molar-refractivity contribution in [2.24, 2.45) is 5.10 Å². The monoisotopic (exact) mass is 271 g/mol. The number of amides is 1. The normalized spacial score (nSPS) is 22.6. The minimum absolute atomic E-state index is 0.163. The molecule has 4 heteroatoms. The fourth-order valence-corrected chi connectivity index (χ4v) is 3.03. The van der Waals surface area contributed by atoms with Crippen LogP contribution in [0.5, 0.6) is 0 Å². The second kappa shape index (κ2) is 5.27. The summed E-state index contributed by atoms with van der Waals surface area (Å²) >= 11 is 0. The van der Waals surface area contributed by atoms with Crippen LogP contribution in [0.3, 0.4) is 0 Å². The Morgan fingerprint density at radius 2 is 2.05 bits per heavy atom. The van der Waals surface area contributed by atoms with Gasteiger partial charge in [0.25, 0.3) is 0 Å². The van der Waals surface area contributed by atoms with Crippen molar-refractivity contribution in [3.05, 3.63) is 35.4 Å². The molecule has 1 aromatic rings. The molecule has 4 nitrogen and oxygen atoms in total. The van der Waals surface area contributed by atoms with Gasteiger partial charge in [0.05, 0.1) is 18.3 Å². The average molecular weight is 271 g/mol. The first-order valence-corrected chi connectivity index (χ1v) is 7.27. The van der Waals surface area contributed by atoms with Gasteiger partial charge in [0, 0.05) is 26.4 Å². The molecule has 2 heterocycles. The van der Waals surface area contributed by atoms with Gasteiger partial charge < -0.3 is 4.90 Å². The highest BCUT2D eigenvalue weighted by molar-refractivity contribution is 5.96. The zero-order valence-corrected chi connectivity index (χ0v) is 12.2. The topological polar surface area (TPSA) is 35.9 Å². The van der Waals surface area contributed by atoms with E-state index in [1.165, 1.54) is 11.1 Å². The maximum Gasteiger partial charge on any atom is 0.223 e. The van der Waals surface area contributed by atoms with Crippen LogP contribution in [0.25, 0.3) is 0 Å². The fourth-order valence-electron chi connectivity index (χ4n) is 3.03. The summed E-state index contributed by atoms with van der Waals surface area (Å²) in [5.41, 5.74) is 3.65. The zero-order valence-electron chi connectivity index (χ0n) is 12.2. The van der Waals surface area contributed by atoms with Crippen molar-refractivity contribution in [2.45, 2.75) is 32.2 Å².